The Hall–Kier alpha value is -0.810. The zero-order valence-electron chi connectivity index (χ0n) is 10.1. The van der Waals surface area contributed by atoms with Gasteiger partial charge in [0.05, 0.1) is 19.3 Å². The maximum Gasteiger partial charge on any atom is 0.407 e. The van der Waals surface area contributed by atoms with E-state index in [1.54, 1.807) is 0 Å². The fraction of sp³-hybridized carbons (Fsp3) is 0.900. The molecule has 0 saturated carbocycles. The number of carbonyl (C=O) groups excluding carboxylic acids is 1. The molecule has 0 bridgehead atoms. The monoisotopic (exact) mass is 218 g/mol. The Morgan fingerprint density at radius 3 is 2.53 bits per heavy atom. The smallest absolute Gasteiger partial charge is 0.407 e. The molecular weight excluding hydrogens is 196 g/mol. The molecule has 15 heavy (non-hydrogen) atoms. The van der Waals surface area contributed by atoms with E-state index < -0.39 is 0 Å². The zero-order valence-corrected chi connectivity index (χ0v) is 10.1. The largest absolute Gasteiger partial charge is 0.447 e. The van der Waals surface area contributed by atoms with Gasteiger partial charge in [0.15, 0.2) is 0 Å². The average Bonchev–Trinajstić information content (AvgIpc) is 2.09. The number of nitrogens with zero attached hydrogens (tertiary/aromatic N) is 1. The zero-order chi connectivity index (χ0) is 11.7. The van der Waals surface area contributed by atoms with E-state index in [1.807, 2.05) is 32.8 Å². The molecule has 0 aromatic rings. The topological polar surface area (TPSA) is 50.8 Å². The van der Waals surface area contributed by atoms with Crippen LogP contribution in [0.4, 0.5) is 4.79 Å². The standard InChI is InChI=1S/C10H22N2O3/c1-9(2)15-10(13)11-5-7-14-8-6-12(3)4/h9H,5-8H2,1-4H3,(H,11,13). The third-order valence-corrected chi connectivity index (χ3v) is 1.54. The third-order valence-electron chi connectivity index (χ3n) is 1.54. The van der Waals surface area contributed by atoms with Gasteiger partial charge in [0.1, 0.15) is 0 Å². The third kappa shape index (κ3) is 11.1. The molecule has 0 aliphatic rings. The van der Waals surface area contributed by atoms with Gasteiger partial charge in [-0.3, -0.25) is 0 Å². The van der Waals surface area contributed by atoms with Crippen molar-refractivity contribution < 1.29 is 14.3 Å². The quantitative estimate of drug-likeness (QED) is 0.639. The Morgan fingerprint density at radius 2 is 2.00 bits per heavy atom. The van der Waals surface area contributed by atoms with Gasteiger partial charge in [-0.2, -0.15) is 0 Å². The first-order valence-electron chi connectivity index (χ1n) is 5.19. The molecule has 90 valence electrons. The SMILES string of the molecule is CC(C)OC(=O)NCCOCCN(C)C. The number of ether oxygens (including phenoxy) is 2. The number of rotatable bonds is 7. The molecule has 0 spiro atoms. The van der Waals surface area contributed by atoms with E-state index in [9.17, 15) is 4.79 Å². The molecule has 0 rings (SSSR count). The molecule has 0 saturated heterocycles. The maximum absolute atomic E-state index is 11.0. The van der Waals surface area contributed by atoms with Crippen molar-refractivity contribution in [3.8, 4) is 0 Å². The first-order valence-corrected chi connectivity index (χ1v) is 5.19. The first-order chi connectivity index (χ1) is 7.02. The van der Waals surface area contributed by atoms with E-state index >= 15 is 0 Å². The van der Waals surface area contributed by atoms with Crippen LogP contribution in [-0.4, -0.2) is 57.5 Å². The lowest BCUT2D eigenvalue weighted by atomic mass is 10.5. The maximum atomic E-state index is 11.0. The van der Waals surface area contributed by atoms with Gasteiger partial charge in [-0.1, -0.05) is 0 Å². The molecule has 0 fully saturated rings. The van der Waals surface area contributed by atoms with E-state index in [1.165, 1.54) is 0 Å². The van der Waals surface area contributed by atoms with Gasteiger partial charge in [0.2, 0.25) is 0 Å². The van der Waals surface area contributed by atoms with Crippen molar-refractivity contribution in [1.29, 1.82) is 0 Å². The highest BCUT2D eigenvalue weighted by Crippen LogP contribution is 1.87. The molecule has 1 N–H and O–H groups in total. The number of hydrogen-bond acceptors (Lipinski definition) is 4. The second-order valence-electron chi connectivity index (χ2n) is 3.80. The van der Waals surface area contributed by atoms with Gasteiger partial charge in [-0.25, -0.2) is 4.79 Å². The molecule has 0 heterocycles. The van der Waals surface area contributed by atoms with E-state index in [2.05, 4.69) is 5.32 Å². The van der Waals surface area contributed by atoms with Gasteiger partial charge in [-0.05, 0) is 27.9 Å². The molecule has 0 aliphatic carbocycles. The summed E-state index contributed by atoms with van der Waals surface area (Å²) in [5.41, 5.74) is 0. The predicted molar refractivity (Wildman–Crippen MR) is 59.0 cm³/mol. The van der Waals surface area contributed by atoms with Gasteiger partial charge in [0, 0.05) is 13.1 Å². The summed E-state index contributed by atoms with van der Waals surface area (Å²) in [6.45, 7) is 6.19. The van der Waals surface area contributed by atoms with Crippen LogP contribution in [0, 0.1) is 0 Å². The van der Waals surface area contributed by atoms with Crippen molar-refractivity contribution in [2.24, 2.45) is 0 Å². The molecule has 5 nitrogen and oxygen atoms in total. The molecule has 5 heteroatoms. The average molecular weight is 218 g/mol. The molecule has 0 aliphatic heterocycles. The molecule has 0 radical (unpaired) electrons. The normalized spacial score (nSPS) is 10.8. The molecule has 0 atom stereocenters. The lowest BCUT2D eigenvalue weighted by Crippen LogP contribution is -2.30. The van der Waals surface area contributed by atoms with E-state index in [-0.39, 0.29) is 12.2 Å². The highest BCUT2D eigenvalue weighted by atomic mass is 16.6. The fourth-order valence-corrected chi connectivity index (χ4v) is 0.830. The molecule has 0 unspecified atom stereocenters. The Kier molecular flexibility index (Phi) is 8.04. The van der Waals surface area contributed by atoms with Gasteiger partial charge < -0.3 is 19.7 Å². The number of hydrogen-bond donors (Lipinski definition) is 1. The van der Waals surface area contributed by atoms with Crippen molar-refractivity contribution in [3.05, 3.63) is 0 Å². The van der Waals surface area contributed by atoms with Crippen LogP contribution in [0.15, 0.2) is 0 Å². The summed E-state index contributed by atoms with van der Waals surface area (Å²) in [7, 11) is 3.98. The minimum absolute atomic E-state index is 0.0836. The number of amides is 1. The van der Waals surface area contributed by atoms with Crippen LogP contribution in [0.5, 0.6) is 0 Å². The van der Waals surface area contributed by atoms with Crippen LogP contribution in [0.3, 0.4) is 0 Å². The Morgan fingerprint density at radius 1 is 1.33 bits per heavy atom. The lowest BCUT2D eigenvalue weighted by Gasteiger charge is -2.11. The molecule has 0 aromatic heterocycles. The van der Waals surface area contributed by atoms with Gasteiger partial charge >= 0.3 is 6.09 Å². The first kappa shape index (κ1) is 14.2. The summed E-state index contributed by atoms with van der Waals surface area (Å²) >= 11 is 0. The van der Waals surface area contributed by atoms with Crippen LogP contribution < -0.4 is 5.32 Å². The Labute approximate surface area is 91.7 Å². The number of nitrogens with one attached hydrogen (secondary N) is 1. The van der Waals surface area contributed by atoms with Crippen molar-refractivity contribution in [2.45, 2.75) is 20.0 Å². The number of alkyl carbamates (subject to hydrolysis) is 1. The van der Waals surface area contributed by atoms with Crippen molar-refractivity contribution in [1.82, 2.24) is 10.2 Å². The van der Waals surface area contributed by atoms with E-state index in [0.717, 1.165) is 6.54 Å². The summed E-state index contributed by atoms with van der Waals surface area (Å²) in [6, 6.07) is 0. The number of likely N-dealkylation sites (N-methyl/N-ethyl adjacent to an activating group) is 1. The minimum atomic E-state index is -0.388. The van der Waals surface area contributed by atoms with Gasteiger partial charge in [-0.15, -0.1) is 0 Å². The van der Waals surface area contributed by atoms with E-state index in [0.29, 0.717) is 19.8 Å². The highest BCUT2D eigenvalue weighted by molar-refractivity contribution is 5.67. The van der Waals surface area contributed by atoms with Crippen LogP contribution in [0.1, 0.15) is 13.8 Å². The van der Waals surface area contributed by atoms with Crippen LogP contribution >= 0.6 is 0 Å². The van der Waals surface area contributed by atoms with Crippen LogP contribution in [0.25, 0.3) is 0 Å². The second kappa shape index (κ2) is 8.49. The summed E-state index contributed by atoms with van der Waals surface area (Å²) in [5, 5.41) is 2.60. The van der Waals surface area contributed by atoms with Crippen molar-refractivity contribution in [3.63, 3.8) is 0 Å². The second-order valence-corrected chi connectivity index (χ2v) is 3.80. The molecule has 0 aromatic carbocycles. The highest BCUT2D eigenvalue weighted by Gasteiger charge is 2.02. The molecule has 1 amide bonds. The van der Waals surface area contributed by atoms with Crippen molar-refractivity contribution >= 4 is 6.09 Å². The van der Waals surface area contributed by atoms with Crippen molar-refractivity contribution in [2.75, 3.05) is 40.4 Å². The summed E-state index contributed by atoms with van der Waals surface area (Å²) in [5.74, 6) is 0. The lowest BCUT2D eigenvalue weighted by molar-refractivity contribution is 0.0998. The predicted octanol–water partition coefficient (Wildman–Crippen LogP) is 0.699. The van der Waals surface area contributed by atoms with Gasteiger partial charge in [0.25, 0.3) is 0 Å². The summed E-state index contributed by atoms with van der Waals surface area (Å²) in [6.07, 6.45) is -0.471. The number of carbonyl (C=O) groups is 1. The Balaban J connectivity index is 3.20. The molecular formula is C10H22N2O3. The van der Waals surface area contributed by atoms with Crippen LogP contribution in [-0.2, 0) is 9.47 Å². The van der Waals surface area contributed by atoms with E-state index in [4.69, 9.17) is 9.47 Å². The fourth-order valence-electron chi connectivity index (χ4n) is 0.830. The summed E-state index contributed by atoms with van der Waals surface area (Å²) in [4.78, 5) is 13.0. The Bertz CT molecular complexity index is 172. The minimum Gasteiger partial charge on any atom is -0.447 e. The summed E-state index contributed by atoms with van der Waals surface area (Å²) < 4.78 is 10.2. The van der Waals surface area contributed by atoms with Crippen LogP contribution in [0.2, 0.25) is 0 Å².